The standard InChI is InChI=1S/C15H15NO5S2/c1-8-7-9(2)13(10(3)12(8)15(18)19)16-14(17)11-5-4-6-22(11)23(20)21/h4-7H,1-3H3,(H,16,17)(H,18,19). The highest BCUT2D eigenvalue weighted by molar-refractivity contribution is 8.37. The van der Waals surface area contributed by atoms with Crippen LogP contribution in [-0.2, 0) is 23.5 Å². The largest absolute Gasteiger partial charge is 0.478 e. The van der Waals surface area contributed by atoms with Crippen molar-refractivity contribution in [1.29, 1.82) is 0 Å². The molecule has 2 N–H and O–H groups in total. The van der Waals surface area contributed by atoms with E-state index >= 15 is 0 Å². The number of anilines is 1. The molecule has 0 spiro atoms. The first-order chi connectivity index (χ1) is 10.7. The van der Waals surface area contributed by atoms with Gasteiger partial charge in [-0.2, -0.15) is 8.42 Å². The van der Waals surface area contributed by atoms with Gasteiger partial charge in [-0.15, -0.1) is 0 Å². The van der Waals surface area contributed by atoms with E-state index in [-0.39, 0.29) is 10.5 Å². The fourth-order valence-electron chi connectivity index (χ4n) is 2.51. The summed E-state index contributed by atoms with van der Waals surface area (Å²) >= 11 is 0. The number of hydrogen-bond donors (Lipinski definition) is 2. The number of aryl methyl sites for hydroxylation is 2. The zero-order valence-corrected chi connectivity index (χ0v) is 14.3. The first-order valence-electron chi connectivity index (χ1n) is 6.60. The van der Waals surface area contributed by atoms with Gasteiger partial charge in [-0.3, -0.25) is 4.79 Å². The van der Waals surface area contributed by atoms with Crippen molar-refractivity contribution < 1.29 is 23.1 Å². The minimum Gasteiger partial charge on any atom is -0.478 e. The Hall–Kier alpha value is -2.19. The third-order valence-corrected chi connectivity index (χ3v) is 6.67. The molecule has 122 valence electrons. The molecule has 1 aliphatic rings. The van der Waals surface area contributed by atoms with Gasteiger partial charge in [0.25, 0.3) is 5.91 Å². The van der Waals surface area contributed by atoms with Crippen LogP contribution in [0, 0.1) is 20.8 Å². The molecule has 6 nitrogen and oxygen atoms in total. The number of hydrogen-bond acceptors (Lipinski definition) is 4. The number of benzene rings is 1. The smallest absolute Gasteiger partial charge is 0.336 e. The molecule has 2 rings (SSSR count). The number of carboxylic acid groups (broad SMARTS) is 1. The molecule has 0 fully saturated rings. The van der Waals surface area contributed by atoms with Crippen LogP contribution in [0.15, 0.2) is 28.5 Å². The van der Waals surface area contributed by atoms with Crippen molar-refractivity contribution in [3.8, 4) is 0 Å². The summed E-state index contributed by atoms with van der Waals surface area (Å²) in [6.45, 7) is 5.07. The molecule has 1 aliphatic heterocycles. The predicted octanol–water partition coefficient (Wildman–Crippen LogP) is 2.07. The predicted molar refractivity (Wildman–Crippen MR) is 89.7 cm³/mol. The van der Waals surface area contributed by atoms with Crippen LogP contribution in [0.3, 0.4) is 0 Å². The molecule has 0 radical (unpaired) electrons. The highest BCUT2D eigenvalue weighted by Gasteiger charge is 2.21. The first kappa shape index (κ1) is 17.2. The molecule has 1 amide bonds. The molecule has 1 aromatic carbocycles. The third kappa shape index (κ3) is 3.27. The quantitative estimate of drug-likeness (QED) is 0.866. The van der Waals surface area contributed by atoms with Gasteiger partial charge in [0.2, 0.25) is 9.26 Å². The van der Waals surface area contributed by atoms with Crippen molar-refractivity contribution in [2.24, 2.45) is 0 Å². The Labute approximate surface area is 136 Å². The van der Waals surface area contributed by atoms with Crippen LogP contribution in [0.2, 0.25) is 0 Å². The molecule has 0 saturated heterocycles. The second kappa shape index (κ2) is 6.51. The molecule has 0 aromatic heterocycles. The molecule has 8 heteroatoms. The van der Waals surface area contributed by atoms with Crippen molar-refractivity contribution in [2.75, 3.05) is 5.32 Å². The number of aromatic carboxylic acids is 1. The molecular formula is C15H15NO5S2. The average Bonchev–Trinajstić information content (AvgIpc) is 2.92. The van der Waals surface area contributed by atoms with Crippen LogP contribution in [-0.4, -0.2) is 25.4 Å². The van der Waals surface area contributed by atoms with E-state index in [1.807, 2.05) is 0 Å². The highest BCUT2D eigenvalue weighted by atomic mass is 32.9. The fourth-order valence-corrected chi connectivity index (χ4v) is 4.86. The lowest BCUT2D eigenvalue weighted by Crippen LogP contribution is -2.18. The summed E-state index contributed by atoms with van der Waals surface area (Å²) in [6.07, 6.45) is 2.97. The van der Waals surface area contributed by atoms with Crippen LogP contribution >= 0.6 is 0 Å². The van der Waals surface area contributed by atoms with E-state index in [9.17, 15) is 23.1 Å². The van der Waals surface area contributed by atoms with E-state index in [0.717, 1.165) is 0 Å². The molecule has 1 atom stereocenters. The minimum absolute atomic E-state index is 0.134. The Kier molecular flexibility index (Phi) is 4.86. The zero-order valence-electron chi connectivity index (χ0n) is 12.7. The molecule has 23 heavy (non-hydrogen) atoms. The van der Waals surface area contributed by atoms with Gasteiger partial charge in [0.15, 0.2) is 0 Å². The van der Waals surface area contributed by atoms with Crippen LogP contribution in [0.5, 0.6) is 0 Å². The number of allylic oxidation sites excluding steroid dienone is 2. The lowest BCUT2D eigenvalue weighted by molar-refractivity contribution is -0.112. The van der Waals surface area contributed by atoms with Gasteiger partial charge in [-0.25, -0.2) is 4.79 Å². The second-order valence-corrected chi connectivity index (χ2v) is 8.61. The number of carbonyl (C=O) groups excluding carboxylic acids is 1. The number of nitrogens with one attached hydrogen (secondary N) is 1. The summed E-state index contributed by atoms with van der Waals surface area (Å²) in [4.78, 5) is 23.9. The van der Waals surface area contributed by atoms with Gasteiger partial charge in [-0.05, 0) is 58.4 Å². The fraction of sp³-hybridized carbons (Fsp3) is 0.200. The van der Waals surface area contributed by atoms with Crippen LogP contribution in [0.1, 0.15) is 27.0 Å². The van der Waals surface area contributed by atoms with Gasteiger partial charge < -0.3 is 10.4 Å². The summed E-state index contributed by atoms with van der Waals surface area (Å²) < 4.78 is 22.3. The number of amides is 1. The number of rotatable bonds is 3. The summed E-state index contributed by atoms with van der Waals surface area (Å²) in [5.41, 5.74) is 2.29. The molecule has 0 aliphatic carbocycles. The molecule has 0 saturated carbocycles. The minimum atomic E-state index is -2.41. The molecular weight excluding hydrogens is 338 g/mol. The molecule has 1 heterocycles. The van der Waals surface area contributed by atoms with Gasteiger partial charge >= 0.3 is 5.97 Å². The van der Waals surface area contributed by atoms with Crippen LogP contribution < -0.4 is 5.32 Å². The third-order valence-electron chi connectivity index (χ3n) is 3.46. The Balaban J connectivity index is 2.46. The maximum Gasteiger partial charge on any atom is 0.336 e. The normalized spacial score (nSPS) is 16.1. The van der Waals surface area contributed by atoms with E-state index in [1.165, 1.54) is 17.6 Å². The van der Waals surface area contributed by atoms with E-state index in [2.05, 4.69) is 5.32 Å². The maximum absolute atomic E-state index is 12.4. The molecule has 1 aromatic rings. The summed E-state index contributed by atoms with van der Waals surface area (Å²) in [5, 5.41) is 13.4. The van der Waals surface area contributed by atoms with Crippen molar-refractivity contribution in [3.63, 3.8) is 0 Å². The van der Waals surface area contributed by atoms with E-state index in [0.29, 0.717) is 22.4 Å². The number of carbonyl (C=O) groups is 2. The van der Waals surface area contributed by atoms with E-state index in [1.54, 1.807) is 26.8 Å². The zero-order chi connectivity index (χ0) is 17.3. The van der Waals surface area contributed by atoms with Crippen molar-refractivity contribution in [3.05, 3.63) is 50.8 Å². The van der Waals surface area contributed by atoms with Gasteiger partial charge in [-0.1, -0.05) is 12.1 Å². The maximum atomic E-state index is 12.4. The SMILES string of the molecule is Cc1cc(C)c(C(=O)O)c(C)c1NC(=O)C1=CC=CS1=S(=O)=O. The van der Waals surface area contributed by atoms with Crippen molar-refractivity contribution in [1.82, 2.24) is 0 Å². The lowest BCUT2D eigenvalue weighted by Gasteiger charge is -2.16. The lowest BCUT2D eigenvalue weighted by atomic mass is 9.97. The van der Waals surface area contributed by atoms with Crippen LogP contribution in [0.25, 0.3) is 0 Å². The van der Waals surface area contributed by atoms with Gasteiger partial charge in [0.1, 0.15) is 0 Å². The second-order valence-electron chi connectivity index (χ2n) is 5.01. The van der Waals surface area contributed by atoms with E-state index < -0.39 is 30.6 Å². The molecule has 0 bridgehead atoms. The van der Waals surface area contributed by atoms with E-state index in [4.69, 9.17) is 0 Å². The summed E-state index contributed by atoms with van der Waals surface area (Å²) in [6, 6.07) is 1.68. The van der Waals surface area contributed by atoms with Crippen molar-refractivity contribution >= 4 is 36.3 Å². The Morgan fingerprint density at radius 3 is 2.39 bits per heavy atom. The Morgan fingerprint density at radius 1 is 1.17 bits per heavy atom. The highest BCUT2D eigenvalue weighted by Crippen LogP contribution is 2.28. The van der Waals surface area contributed by atoms with Crippen molar-refractivity contribution in [2.45, 2.75) is 20.8 Å². The monoisotopic (exact) mass is 353 g/mol. The Morgan fingerprint density at radius 2 is 1.83 bits per heavy atom. The number of carboxylic acids is 1. The van der Waals surface area contributed by atoms with Crippen LogP contribution in [0.4, 0.5) is 5.69 Å². The summed E-state index contributed by atoms with van der Waals surface area (Å²) in [7, 11) is -3.69. The Bertz CT molecular complexity index is 916. The first-order valence-corrected chi connectivity index (χ1v) is 9.48. The van der Waals surface area contributed by atoms with Gasteiger partial charge in [0.05, 0.1) is 10.5 Å². The molecule has 1 unspecified atom stereocenters. The summed E-state index contributed by atoms with van der Waals surface area (Å²) in [5.74, 6) is -1.62. The van der Waals surface area contributed by atoms with Gasteiger partial charge in [0, 0.05) is 5.69 Å². The topological polar surface area (TPSA) is 101 Å². The average molecular weight is 353 g/mol.